The predicted molar refractivity (Wildman–Crippen MR) is 70.9 cm³/mol. The summed E-state index contributed by atoms with van der Waals surface area (Å²) in [5.74, 6) is 0.941. The van der Waals surface area contributed by atoms with Gasteiger partial charge < -0.3 is 4.52 Å². The summed E-state index contributed by atoms with van der Waals surface area (Å²) >= 11 is 0. The van der Waals surface area contributed by atoms with Crippen molar-refractivity contribution >= 4 is 5.69 Å². The second-order valence-electron chi connectivity index (χ2n) is 4.80. The van der Waals surface area contributed by atoms with Gasteiger partial charge in [0.25, 0.3) is 5.69 Å². The van der Waals surface area contributed by atoms with Crippen LogP contribution in [0.25, 0.3) is 11.4 Å². The van der Waals surface area contributed by atoms with Gasteiger partial charge >= 0.3 is 0 Å². The van der Waals surface area contributed by atoms with Crippen LogP contribution in [-0.2, 0) is 6.54 Å². The van der Waals surface area contributed by atoms with Gasteiger partial charge in [0.15, 0.2) is 0 Å². The van der Waals surface area contributed by atoms with Gasteiger partial charge in [-0.3, -0.25) is 15.0 Å². The Bertz CT molecular complexity index is 620. The molecule has 1 saturated heterocycles. The number of likely N-dealkylation sites (tertiary alicyclic amines) is 1. The minimum Gasteiger partial charge on any atom is -0.338 e. The third-order valence-corrected chi connectivity index (χ3v) is 3.34. The smallest absolute Gasteiger partial charge is 0.270 e. The first-order chi connectivity index (χ1) is 9.72. The van der Waals surface area contributed by atoms with E-state index in [4.69, 9.17) is 4.52 Å². The van der Waals surface area contributed by atoms with E-state index in [0.717, 1.165) is 13.1 Å². The van der Waals surface area contributed by atoms with Crippen LogP contribution in [0, 0.1) is 10.1 Å². The van der Waals surface area contributed by atoms with Crippen LogP contribution in [0.1, 0.15) is 18.7 Å². The first-order valence-electron chi connectivity index (χ1n) is 6.52. The van der Waals surface area contributed by atoms with E-state index in [2.05, 4.69) is 15.0 Å². The summed E-state index contributed by atoms with van der Waals surface area (Å²) in [4.78, 5) is 16.9. The van der Waals surface area contributed by atoms with Gasteiger partial charge in [0.2, 0.25) is 11.7 Å². The molecule has 0 atom stereocenters. The van der Waals surface area contributed by atoms with Gasteiger partial charge in [0.1, 0.15) is 0 Å². The fourth-order valence-electron chi connectivity index (χ4n) is 2.33. The summed E-state index contributed by atoms with van der Waals surface area (Å²) in [5.41, 5.74) is 0.615. The molecule has 20 heavy (non-hydrogen) atoms. The zero-order valence-electron chi connectivity index (χ0n) is 10.9. The van der Waals surface area contributed by atoms with Crippen LogP contribution < -0.4 is 0 Å². The maximum Gasteiger partial charge on any atom is 0.270 e. The molecule has 1 fully saturated rings. The van der Waals surface area contributed by atoms with Crippen molar-refractivity contribution in [3.63, 3.8) is 0 Å². The summed E-state index contributed by atoms with van der Waals surface area (Å²) in [6.07, 6.45) is 2.40. The SMILES string of the molecule is O=[N+]([O-])c1cccc(-c2noc(CN3CCCC3)n2)c1. The summed E-state index contributed by atoms with van der Waals surface area (Å²) in [7, 11) is 0. The second-order valence-corrected chi connectivity index (χ2v) is 4.80. The molecule has 0 unspecified atom stereocenters. The largest absolute Gasteiger partial charge is 0.338 e. The third-order valence-electron chi connectivity index (χ3n) is 3.34. The van der Waals surface area contributed by atoms with Gasteiger partial charge in [-0.05, 0) is 25.9 Å². The van der Waals surface area contributed by atoms with Crippen molar-refractivity contribution in [1.82, 2.24) is 15.0 Å². The lowest BCUT2D eigenvalue weighted by Gasteiger charge is -2.09. The number of hydrogen-bond acceptors (Lipinski definition) is 6. The minimum atomic E-state index is -0.436. The van der Waals surface area contributed by atoms with Crippen LogP contribution in [0.15, 0.2) is 28.8 Å². The third kappa shape index (κ3) is 2.67. The molecular formula is C13H14N4O3. The summed E-state index contributed by atoms with van der Waals surface area (Å²) in [6, 6.07) is 6.24. The van der Waals surface area contributed by atoms with Crippen molar-refractivity contribution in [2.45, 2.75) is 19.4 Å². The molecule has 0 bridgehead atoms. The molecule has 2 heterocycles. The average molecular weight is 274 g/mol. The van der Waals surface area contributed by atoms with Gasteiger partial charge in [0, 0.05) is 17.7 Å². The minimum absolute atomic E-state index is 0.0217. The van der Waals surface area contributed by atoms with Crippen LogP contribution in [-0.4, -0.2) is 33.1 Å². The zero-order chi connectivity index (χ0) is 13.9. The monoisotopic (exact) mass is 274 g/mol. The maximum atomic E-state index is 10.8. The van der Waals surface area contributed by atoms with Gasteiger partial charge in [0.05, 0.1) is 11.5 Å². The number of rotatable bonds is 4. The van der Waals surface area contributed by atoms with E-state index in [0.29, 0.717) is 23.8 Å². The molecule has 0 amide bonds. The van der Waals surface area contributed by atoms with Crippen molar-refractivity contribution in [1.29, 1.82) is 0 Å². The quantitative estimate of drug-likeness (QED) is 0.627. The van der Waals surface area contributed by atoms with E-state index >= 15 is 0 Å². The molecule has 3 rings (SSSR count). The first-order valence-corrected chi connectivity index (χ1v) is 6.52. The summed E-state index contributed by atoms with van der Waals surface area (Å²) in [5, 5.41) is 14.6. The first kappa shape index (κ1) is 12.7. The normalized spacial score (nSPS) is 15.6. The molecule has 0 aliphatic carbocycles. The van der Waals surface area contributed by atoms with Crippen molar-refractivity contribution in [2.24, 2.45) is 0 Å². The number of nitro benzene ring substituents is 1. The van der Waals surface area contributed by atoms with Gasteiger partial charge in [-0.15, -0.1) is 0 Å². The zero-order valence-corrected chi connectivity index (χ0v) is 10.9. The number of aromatic nitrogens is 2. The van der Waals surface area contributed by atoms with Gasteiger partial charge in [-0.2, -0.15) is 4.98 Å². The van der Waals surface area contributed by atoms with Gasteiger partial charge in [-0.25, -0.2) is 0 Å². The fraction of sp³-hybridized carbons (Fsp3) is 0.385. The topological polar surface area (TPSA) is 85.3 Å². The Morgan fingerprint density at radius 2 is 2.15 bits per heavy atom. The van der Waals surface area contributed by atoms with Crippen LogP contribution in [0.5, 0.6) is 0 Å². The lowest BCUT2D eigenvalue weighted by Crippen LogP contribution is -2.18. The average Bonchev–Trinajstić information content (AvgIpc) is 3.11. The predicted octanol–water partition coefficient (Wildman–Crippen LogP) is 2.24. The van der Waals surface area contributed by atoms with Crippen molar-refractivity contribution in [2.75, 3.05) is 13.1 Å². The number of benzene rings is 1. The van der Waals surface area contributed by atoms with Crippen LogP contribution in [0.4, 0.5) is 5.69 Å². The van der Waals surface area contributed by atoms with Crippen LogP contribution in [0.3, 0.4) is 0 Å². The van der Waals surface area contributed by atoms with Crippen LogP contribution >= 0.6 is 0 Å². The summed E-state index contributed by atoms with van der Waals surface area (Å²) in [6.45, 7) is 2.74. The number of hydrogen-bond donors (Lipinski definition) is 0. The van der Waals surface area contributed by atoms with E-state index in [9.17, 15) is 10.1 Å². The Hall–Kier alpha value is -2.28. The molecule has 0 radical (unpaired) electrons. The Morgan fingerprint density at radius 3 is 2.90 bits per heavy atom. The number of non-ortho nitro benzene ring substituents is 1. The highest BCUT2D eigenvalue weighted by molar-refractivity contribution is 5.58. The Balaban J connectivity index is 1.78. The lowest BCUT2D eigenvalue weighted by molar-refractivity contribution is -0.384. The van der Waals surface area contributed by atoms with Crippen LogP contribution in [0.2, 0.25) is 0 Å². The lowest BCUT2D eigenvalue weighted by atomic mass is 10.2. The molecule has 0 saturated carbocycles. The van der Waals surface area contributed by atoms with E-state index in [1.165, 1.54) is 25.0 Å². The van der Waals surface area contributed by atoms with E-state index in [1.54, 1.807) is 12.1 Å². The molecule has 104 valence electrons. The maximum absolute atomic E-state index is 10.8. The molecule has 2 aromatic rings. The molecule has 7 heteroatoms. The molecule has 1 aromatic heterocycles. The van der Waals surface area contributed by atoms with Crippen molar-refractivity contribution < 1.29 is 9.45 Å². The van der Waals surface area contributed by atoms with Crippen molar-refractivity contribution in [3.8, 4) is 11.4 Å². The Kier molecular flexibility index (Phi) is 3.42. The number of nitro groups is 1. The second kappa shape index (κ2) is 5.38. The Morgan fingerprint density at radius 1 is 1.35 bits per heavy atom. The molecule has 1 aliphatic heterocycles. The molecule has 1 aromatic carbocycles. The van der Waals surface area contributed by atoms with Gasteiger partial charge in [-0.1, -0.05) is 17.3 Å². The number of nitrogens with zero attached hydrogens (tertiary/aromatic N) is 4. The highest BCUT2D eigenvalue weighted by Crippen LogP contribution is 2.22. The summed E-state index contributed by atoms with van der Waals surface area (Å²) < 4.78 is 5.21. The molecule has 0 N–H and O–H groups in total. The van der Waals surface area contributed by atoms with Crippen molar-refractivity contribution in [3.05, 3.63) is 40.3 Å². The molecule has 1 aliphatic rings. The highest BCUT2D eigenvalue weighted by Gasteiger charge is 2.17. The van der Waals surface area contributed by atoms with E-state index in [-0.39, 0.29) is 5.69 Å². The highest BCUT2D eigenvalue weighted by atomic mass is 16.6. The molecule has 0 spiro atoms. The van der Waals surface area contributed by atoms with E-state index < -0.39 is 4.92 Å². The standard InChI is InChI=1S/C13H14N4O3/c18-17(19)11-5-3-4-10(8-11)13-14-12(20-15-13)9-16-6-1-2-7-16/h3-5,8H,1-2,6-7,9H2. The molecule has 7 nitrogen and oxygen atoms in total. The fourth-order valence-corrected chi connectivity index (χ4v) is 2.33. The Labute approximate surface area is 115 Å². The molecular weight excluding hydrogens is 260 g/mol. The van der Waals surface area contributed by atoms with E-state index in [1.807, 2.05) is 0 Å².